The number of benzene rings is 1. The Hall–Kier alpha value is -1.83. The van der Waals surface area contributed by atoms with Crippen LogP contribution in [0.25, 0.3) is 21.9 Å². The van der Waals surface area contributed by atoms with Crippen LogP contribution in [0.3, 0.4) is 0 Å². The molecule has 0 saturated carbocycles. The summed E-state index contributed by atoms with van der Waals surface area (Å²) in [4.78, 5) is 4.44. The third-order valence-corrected chi connectivity index (χ3v) is 3.23. The summed E-state index contributed by atoms with van der Waals surface area (Å²) in [7, 11) is 2.08. The van der Waals surface area contributed by atoms with Gasteiger partial charge in [-0.2, -0.15) is 0 Å². The molecule has 2 aromatic heterocycles. The Morgan fingerprint density at radius 2 is 2.06 bits per heavy atom. The maximum Gasteiger partial charge on any atom is 0.140 e. The van der Waals surface area contributed by atoms with Crippen LogP contribution in [-0.2, 0) is 13.5 Å². The second-order valence-corrected chi connectivity index (χ2v) is 4.14. The molecule has 2 heterocycles. The van der Waals surface area contributed by atoms with Crippen LogP contribution in [0, 0.1) is 0 Å². The fourth-order valence-electron chi connectivity index (χ4n) is 2.29. The SMILES string of the molecule is CCc1ccc2c3cccnc3n(C)c2c1. The van der Waals surface area contributed by atoms with Crippen LogP contribution in [0.4, 0.5) is 0 Å². The average Bonchev–Trinajstić information content (AvgIpc) is 2.64. The smallest absolute Gasteiger partial charge is 0.140 e. The Kier molecular flexibility index (Phi) is 1.96. The molecular formula is C14H14N2. The van der Waals surface area contributed by atoms with E-state index in [9.17, 15) is 0 Å². The Labute approximate surface area is 94.5 Å². The van der Waals surface area contributed by atoms with E-state index in [4.69, 9.17) is 0 Å². The highest BCUT2D eigenvalue weighted by Crippen LogP contribution is 2.27. The molecule has 3 rings (SSSR count). The Morgan fingerprint density at radius 1 is 1.19 bits per heavy atom. The molecule has 2 heteroatoms. The lowest BCUT2D eigenvalue weighted by Gasteiger charge is -1.99. The van der Waals surface area contributed by atoms with Gasteiger partial charge >= 0.3 is 0 Å². The summed E-state index contributed by atoms with van der Waals surface area (Å²) in [6, 6.07) is 10.8. The van der Waals surface area contributed by atoms with Crippen molar-refractivity contribution < 1.29 is 0 Å². The molecule has 80 valence electrons. The molecule has 0 saturated heterocycles. The zero-order valence-electron chi connectivity index (χ0n) is 9.57. The number of hydrogen-bond donors (Lipinski definition) is 0. The molecule has 0 aliphatic heterocycles. The normalized spacial score (nSPS) is 11.4. The van der Waals surface area contributed by atoms with Gasteiger partial charge in [-0.15, -0.1) is 0 Å². The molecule has 0 unspecified atom stereocenters. The summed E-state index contributed by atoms with van der Waals surface area (Å²) in [6.07, 6.45) is 2.92. The van der Waals surface area contributed by atoms with E-state index >= 15 is 0 Å². The van der Waals surface area contributed by atoms with E-state index in [2.05, 4.69) is 47.8 Å². The molecular weight excluding hydrogens is 196 g/mol. The van der Waals surface area contributed by atoms with E-state index in [1.807, 2.05) is 12.3 Å². The maximum atomic E-state index is 4.44. The molecule has 0 amide bonds. The fraction of sp³-hybridized carbons (Fsp3) is 0.214. The average molecular weight is 210 g/mol. The highest BCUT2D eigenvalue weighted by Gasteiger charge is 2.08. The van der Waals surface area contributed by atoms with Crippen molar-refractivity contribution in [3.63, 3.8) is 0 Å². The molecule has 2 nitrogen and oxygen atoms in total. The monoisotopic (exact) mass is 210 g/mol. The van der Waals surface area contributed by atoms with Gasteiger partial charge in [0, 0.05) is 24.0 Å². The summed E-state index contributed by atoms with van der Waals surface area (Å²) < 4.78 is 2.17. The van der Waals surface area contributed by atoms with Gasteiger partial charge in [-0.05, 0) is 30.2 Å². The number of pyridine rings is 1. The van der Waals surface area contributed by atoms with Gasteiger partial charge in [-0.1, -0.05) is 19.1 Å². The zero-order valence-corrected chi connectivity index (χ0v) is 9.57. The largest absolute Gasteiger partial charge is 0.328 e. The summed E-state index contributed by atoms with van der Waals surface area (Å²) in [5.41, 5.74) is 3.71. The van der Waals surface area contributed by atoms with Crippen LogP contribution in [0.15, 0.2) is 36.5 Å². The highest BCUT2D eigenvalue weighted by atomic mass is 15.0. The molecule has 0 spiro atoms. The van der Waals surface area contributed by atoms with E-state index in [0.29, 0.717) is 0 Å². The molecule has 0 atom stereocenters. The number of fused-ring (bicyclic) bond motifs is 3. The molecule has 3 aromatic rings. The van der Waals surface area contributed by atoms with Gasteiger partial charge in [0.05, 0.1) is 5.52 Å². The van der Waals surface area contributed by atoms with Crippen LogP contribution in [-0.4, -0.2) is 9.55 Å². The van der Waals surface area contributed by atoms with E-state index in [0.717, 1.165) is 12.1 Å². The molecule has 0 aliphatic carbocycles. The lowest BCUT2D eigenvalue weighted by Crippen LogP contribution is -1.89. The van der Waals surface area contributed by atoms with Crippen molar-refractivity contribution in [1.29, 1.82) is 0 Å². The van der Waals surface area contributed by atoms with Crippen LogP contribution in [0.2, 0.25) is 0 Å². The van der Waals surface area contributed by atoms with Crippen molar-refractivity contribution in [2.24, 2.45) is 7.05 Å². The van der Waals surface area contributed by atoms with E-state index in [1.54, 1.807) is 0 Å². The molecule has 1 aromatic carbocycles. The summed E-state index contributed by atoms with van der Waals surface area (Å²) >= 11 is 0. The van der Waals surface area contributed by atoms with Gasteiger partial charge in [0.2, 0.25) is 0 Å². The Bertz CT molecular complexity index is 665. The van der Waals surface area contributed by atoms with Crippen molar-refractivity contribution in [2.75, 3.05) is 0 Å². The van der Waals surface area contributed by atoms with Gasteiger partial charge in [0.25, 0.3) is 0 Å². The van der Waals surface area contributed by atoms with Gasteiger partial charge in [0.15, 0.2) is 0 Å². The van der Waals surface area contributed by atoms with Crippen LogP contribution in [0.5, 0.6) is 0 Å². The molecule has 0 fully saturated rings. The first-order valence-corrected chi connectivity index (χ1v) is 5.63. The molecule has 0 N–H and O–H groups in total. The number of aryl methyl sites for hydroxylation is 2. The lowest BCUT2D eigenvalue weighted by atomic mass is 10.1. The predicted octanol–water partition coefficient (Wildman–Crippen LogP) is 3.29. The first-order valence-electron chi connectivity index (χ1n) is 5.63. The number of hydrogen-bond acceptors (Lipinski definition) is 1. The number of nitrogens with zero attached hydrogens (tertiary/aromatic N) is 2. The third-order valence-electron chi connectivity index (χ3n) is 3.23. The van der Waals surface area contributed by atoms with Crippen LogP contribution < -0.4 is 0 Å². The van der Waals surface area contributed by atoms with Crippen molar-refractivity contribution in [3.8, 4) is 0 Å². The Morgan fingerprint density at radius 3 is 2.88 bits per heavy atom. The second kappa shape index (κ2) is 3.34. The Balaban J connectivity index is 2.51. The van der Waals surface area contributed by atoms with Gasteiger partial charge < -0.3 is 4.57 Å². The summed E-state index contributed by atoms with van der Waals surface area (Å²) in [6.45, 7) is 2.18. The second-order valence-electron chi connectivity index (χ2n) is 4.14. The van der Waals surface area contributed by atoms with E-state index < -0.39 is 0 Å². The van der Waals surface area contributed by atoms with Crippen molar-refractivity contribution in [2.45, 2.75) is 13.3 Å². The quantitative estimate of drug-likeness (QED) is 0.602. The maximum absolute atomic E-state index is 4.44. The predicted molar refractivity (Wildman–Crippen MR) is 67.6 cm³/mol. The van der Waals surface area contributed by atoms with Crippen molar-refractivity contribution in [1.82, 2.24) is 9.55 Å². The van der Waals surface area contributed by atoms with E-state index in [1.165, 1.54) is 21.9 Å². The topological polar surface area (TPSA) is 17.8 Å². The third kappa shape index (κ3) is 1.16. The standard InChI is InChI=1S/C14H14N2/c1-3-10-6-7-11-12-5-4-8-15-14(12)16(2)13(11)9-10/h4-9H,3H2,1-2H3. The minimum atomic E-state index is 1.06. The first-order chi connectivity index (χ1) is 7.81. The summed E-state index contributed by atoms with van der Waals surface area (Å²) in [5.74, 6) is 0. The van der Waals surface area contributed by atoms with E-state index in [-0.39, 0.29) is 0 Å². The van der Waals surface area contributed by atoms with Gasteiger partial charge in [-0.3, -0.25) is 0 Å². The van der Waals surface area contributed by atoms with Crippen LogP contribution in [0.1, 0.15) is 12.5 Å². The molecule has 0 radical (unpaired) electrons. The van der Waals surface area contributed by atoms with Gasteiger partial charge in [0.1, 0.15) is 5.65 Å². The minimum absolute atomic E-state index is 1.06. The highest BCUT2D eigenvalue weighted by molar-refractivity contribution is 6.06. The lowest BCUT2D eigenvalue weighted by molar-refractivity contribution is 0.986. The molecule has 16 heavy (non-hydrogen) atoms. The molecule has 0 bridgehead atoms. The van der Waals surface area contributed by atoms with Gasteiger partial charge in [-0.25, -0.2) is 4.98 Å². The molecule has 0 aliphatic rings. The number of rotatable bonds is 1. The van der Waals surface area contributed by atoms with Crippen molar-refractivity contribution >= 4 is 21.9 Å². The minimum Gasteiger partial charge on any atom is -0.328 e. The summed E-state index contributed by atoms with van der Waals surface area (Å²) in [5, 5.41) is 2.53. The fourth-order valence-corrected chi connectivity index (χ4v) is 2.29. The number of aromatic nitrogens is 2. The van der Waals surface area contributed by atoms with Crippen LogP contribution >= 0.6 is 0 Å². The zero-order chi connectivity index (χ0) is 11.1. The first kappa shape index (κ1) is 9.40. The van der Waals surface area contributed by atoms with Crippen molar-refractivity contribution in [3.05, 3.63) is 42.1 Å².